The molecule has 0 saturated carbocycles. The molecule has 32 heavy (non-hydrogen) atoms. The van der Waals surface area contributed by atoms with Gasteiger partial charge in [0.2, 0.25) is 5.91 Å². The van der Waals surface area contributed by atoms with Crippen molar-refractivity contribution in [2.45, 2.75) is 36.4 Å². The predicted molar refractivity (Wildman–Crippen MR) is 120 cm³/mol. The number of anilines is 1. The lowest BCUT2D eigenvalue weighted by Crippen LogP contribution is -2.45. The number of ether oxygens (including phenoxy) is 1. The molecule has 2 aliphatic heterocycles. The summed E-state index contributed by atoms with van der Waals surface area (Å²) in [6.07, 6.45) is 1.74. The zero-order valence-corrected chi connectivity index (χ0v) is 18.8. The Labute approximate surface area is 187 Å². The predicted octanol–water partition coefficient (Wildman–Crippen LogP) is 1.59. The number of benzene rings is 2. The molecular weight excluding hydrogens is 430 g/mol. The van der Waals surface area contributed by atoms with Crippen LogP contribution in [-0.4, -0.2) is 63.2 Å². The third-order valence-corrected chi connectivity index (χ3v) is 7.81. The highest BCUT2D eigenvalue weighted by Gasteiger charge is 2.37. The summed E-state index contributed by atoms with van der Waals surface area (Å²) in [4.78, 5) is 29.5. The lowest BCUT2D eigenvalue weighted by atomic mass is 10.1. The van der Waals surface area contributed by atoms with Crippen molar-refractivity contribution in [1.82, 2.24) is 4.90 Å². The van der Waals surface area contributed by atoms with Crippen molar-refractivity contribution in [3.05, 3.63) is 59.7 Å². The summed E-state index contributed by atoms with van der Waals surface area (Å²) < 4.78 is 31.1. The minimum Gasteiger partial charge on any atom is -0.383 e. The average Bonchev–Trinajstić information content (AvgIpc) is 3.22. The molecule has 2 aliphatic rings. The maximum atomic E-state index is 13.3. The molecule has 0 aliphatic carbocycles. The van der Waals surface area contributed by atoms with E-state index in [2.05, 4.69) is 0 Å². The first-order chi connectivity index (χ1) is 15.3. The number of methoxy groups -OCH3 is 1. The number of rotatable bonds is 5. The fourth-order valence-corrected chi connectivity index (χ4v) is 5.96. The van der Waals surface area contributed by atoms with Crippen molar-refractivity contribution in [3.63, 3.8) is 0 Å². The van der Waals surface area contributed by atoms with Gasteiger partial charge in [-0.2, -0.15) is 0 Å². The number of carbonyl (C=O) groups excluding carboxylic acids is 2. The Morgan fingerprint density at radius 2 is 1.94 bits per heavy atom. The van der Waals surface area contributed by atoms with Crippen molar-refractivity contribution < 1.29 is 22.7 Å². The van der Waals surface area contributed by atoms with E-state index in [4.69, 9.17) is 10.5 Å². The molecule has 2 atom stereocenters. The van der Waals surface area contributed by atoms with Gasteiger partial charge >= 0.3 is 0 Å². The Hall–Kier alpha value is -2.75. The smallest absolute Gasteiger partial charge is 0.254 e. The Bertz CT molecular complexity index is 1120. The molecule has 8 nitrogen and oxygen atoms in total. The third kappa shape index (κ3) is 4.28. The van der Waals surface area contributed by atoms with Crippen LogP contribution in [0.15, 0.2) is 53.4 Å². The molecule has 9 heteroatoms. The molecule has 0 bridgehead atoms. The SMILES string of the molecule is COCC1CCCN1C(=O)c1ccc2c(c1)N(Cc1ccccc1)C(=O)[C@@H](N)CS2(=O)=O. The fraction of sp³-hybridized carbons (Fsp3) is 0.391. The number of sulfone groups is 1. The van der Waals surface area contributed by atoms with Crippen LogP contribution in [0, 0.1) is 0 Å². The van der Waals surface area contributed by atoms with Gasteiger partial charge in [-0.25, -0.2) is 8.42 Å². The lowest BCUT2D eigenvalue weighted by molar-refractivity contribution is -0.119. The van der Waals surface area contributed by atoms with E-state index in [1.54, 1.807) is 12.0 Å². The van der Waals surface area contributed by atoms with Crippen LogP contribution in [0.5, 0.6) is 0 Å². The molecule has 1 saturated heterocycles. The van der Waals surface area contributed by atoms with Crippen molar-refractivity contribution >= 4 is 27.3 Å². The molecule has 1 fully saturated rings. The Kier molecular flexibility index (Phi) is 6.32. The van der Waals surface area contributed by atoms with E-state index in [1.165, 1.54) is 23.1 Å². The summed E-state index contributed by atoms with van der Waals surface area (Å²) in [5.74, 6) is -1.16. The molecular formula is C23H27N3O5S. The first kappa shape index (κ1) is 22.4. The molecule has 2 aromatic rings. The number of amides is 2. The van der Waals surface area contributed by atoms with Gasteiger partial charge in [-0.1, -0.05) is 30.3 Å². The zero-order valence-electron chi connectivity index (χ0n) is 17.9. The standard InChI is InChI=1S/C23H27N3O5S/c1-31-14-18-8-5-11-25(18)22(27)17-9-10-21-20(12-17)26(13-16-6-3-2-4-7-16)23(28)19(24)15-32(21,29)30/h2-4,6-7,9-10,12,18-19H,5,8,11,13-15,24H2,1H3/t18?,19-/m0/s1. The fourth-order valence-electron chi connectivity index (χ4n) is 4.40. The minimum absolute atomic E-state index is 0.0149. The quantitative estimate of drug-likeness (QED) is 0.730. The Balaban J connectivity index is 1.77. The summed E-state index contributed by atoms with van der Waals surface area (Å²) in [7, 11) is -2.20. The first-order valence-corrected chi connectivity index (χ1v) is 12.2. The highest BCUT2D eigenvalue weighted by Crippen LogP contribution is 2.33. The molecule has 0 spiro atoms. The van der Waals surface area contributed by atoms with Crippen LogP contribution in [0.3, 0.4) is 0 Å². The summed E-state index contributed by atoms with van der Waals surface area (Å²) in [5.41, 5.74) is 7.33. The molecule has 1 unspecified atom stereocenters. The van der Waals surface area contributed by atoms with E-state index in [0.29, 0.717) is 18.7 Å². The largest absolute Gasteiger partial charge is 0.383 e. The van der Waals surface area contributed by atoms with Gasteiger partial charge in [-0.15, -0.1) is 0 Å². The maximum absolute atomic E-state index is 13.3. The zero-order chi connectivity index (χ0) is 22.9. The van der Waals surface area contributed by atoms with E-state index in [0.717, 1.165) is 18.4 Å². The number of hydrogen-bond donors (Lipinski definition) is 1. The minimum atomic E-state index is -3.80. The molecule has 0 radical (unpaired) electrons. The highest BCUT2D eigenvalue weighted by atomic mass is 32.2. The maximum Gasteiger partial charge on any atom is 0.254 e. The summed E-state index contributed by atoms with van der Waals surface area (Å²) in [6, 6.07) is 12.5. The van der Waals surface area contributed by atoms with Crippen LogP contribution in [0.1, 0.15) is 28.8 Å². The molecule has 170 valence electrons. The second-order valence-corrected chi connectivity index (χ2v) is 10.2. The van der Waals surface area contributed by atoms with Crippen molar-refractivity contribution in [2.75, 3.05) is 30.9 Å². The first-order valence-electron chi connectivity index (χ1n) is 10.6. The van der Waals surface area contributed by atoms with Crippen molar-refractivity contribution in [1.29, 1.82) is 0 Å². The van der Waals surface area contributed by atoms with Gasteiger partial charge in [0.1, 0.15) is 0 Å². The number of likely N-dealkylation sites (tertiary alicyclic amines) is 1. The van der Waals surface area contributed by atoms with Crippen LogP contribution >= 0.6 is 0 Å². The molecule has 0 aromatic heterocycles. The number of nitrogens with zero attached hydrogens (tertiary/aromatic N) is 2. The molecule has 2 aromatic carbocycles. The summed E-state index contributed by atoms with van der Waals surface area (Å²) in [6.45, 7) is 1.21. The van der Waals surface area contributed by atoms with Crippen LogP contribution in [-0.2, 0) is 25.9 Å². The Morgan fingerprint density at radius 1 is 1.19 bits per heavy atom. The number of nitrogens with two attached hydrogens (primary N) is 1. The van der Waals surface area contributed by atoms with Crippen molar-refractivity contribution in [3.8, 4) is 0 Å². The van der Waals surface area contributed by atoms with Gasteiger partial charge in [0.05, 0.1) is 41.6 Å². The second kappa shape index (κ2) is 9.01. The van der Waals surface area contributed by atoms with Gasteiger partial charge in [0, 0.05) is 19.2 Å². The van der Waals surface area contributed by atoms with Crippen LogP contribution in [0.2, 0.25) is 0 Å². The van der Waals surface area contributed by atoms with Crippen LogP contribution in [0.25, 0.3) is 0 Å². The topological polar surface area (TPSA) is 110 Å². The van der Waals surface area contributed by atoms with E-state index in [1.807, 2.05) is 30.3 Å². The van der Waals surface area contributed by atoms with Gasteiger partial charge in [-0.05, 0) is 36.6 Å². The van der Waals surface area contributed by atoms with Gasteiger partial charge < -0.3 is 20.3 Å². The van der Waals surface area contributed by atoms with Gasteiger partial charge in [-0.3, -0.25) is 9.59 Å². The third-order valence-electron chi connectivity index (χ3n) is 5.99. The number of fused-ring (bicyclic) bond motifs is 1. The van der Waals surface area contributed by atoms with Gasteiger partial charge in [0.25, 0.3) is 5.91 Å². The summed E-state index contributed by atoms with van der Waals surface area (Å²) >= 11 is 0. The average molecular weight is 458 g/mol. The second-order valence-electron chi connectivity index (χ2n) is 8.23. The van der Waals surface area contributed by atoms with E-state index in [9.17, 15) is 18.0 Å². The lowest BCUT2D eigenvalue weighted by Gasteiger charge is -2.27. The molecule has 2 amide bonds. The molecule has 2 heterocycles. The van der Waals surface area contributed by atoms with Gasteiger partial charge in [0.15, 0.2) is 9.84 Å². The summed E-state index contributed by atoms with van der Waals surface area (Å²) in [5, 5.41) is 0. The van der Waals surface area contributed by atoms with E-state index < -0.39 is 27.5 Å². The van der Waals surface area contributed by atoms with Crippen molar-refractivity contribution in [2.24, 2.45) is 5.73 Å². The van der Waals surface area contributed by atoms with E-state index >= 15 is 0 Å². The Morgan fingerprint density at radius 3 is 2.66 bits per heavy atom. The molecule has 2 N–H and O–H groups in total. The van der Waals surface area contributed by atoms with E-state index in [-0.39, 0.29) is 29.1 Å². The number of hydrogen-bond acceptors (Lipinski definition) is 6. The van der Waals surface area contributed by atoms with Crippen LogP contribution < -0.4 is 10.6 Å². The highest BCUT2D eigenvalue weighted by molar-refractivity contribution is 7.91. The normalized spacial score (nSPS) is 22.5. The number of carbonyl (C=O) groups is 2. The molecule has 4 rings (SSSR count). The monoisotopic (exact) mass is 457 g/mol. The van der Waals surface area contributed by atoms with Crippen LogP contribution in [0.4, 0.5) is 5.69 Å².